The first-order valence-electron chi connectivity index (χ1n) is 6.69. The lowest BCUT2D eigenvalue weighted by atomic mass is 10.1. The van der Waals surface area contributed by atoms with Gasteiger partial charge in [-0.1, -0.05) is 22.0 Å². The molecule has 0 bridgehead atoms. The maximum absolute atomic E-state index is 11.8. The molecule has 21 heavy (non-hydrogen) atoms. The third-order valence-electron chi connectivity index (χ3n) is 3.03. The van der Waals surface area contributed by atoms with E-state index in [-0.39, 0.29) is 12.3 Å². The SMILES string of the molecule is CCOC(=O)c1cc(-c2ccc(Br)c(C)c2)n(CCO)n1. The van der Waals surface area contributed by atoms with Crippen molar-refractivity contribution < 1.29 is 14.6 Å². The number of benzene rings is 1. The van der Waals surface area contributed by atoms with Gasteiger partial charge in [-0.25, -0.2) is 4.79 Å². The van der Waals surface area contributed by atoms with Crippen molar-refractivity contribution in [2.24, 2.45) is 0 Å². The molecule has 0 saturated carbocycles. The first kappa shape index (κ1) is 15.7. The number of aliphatic hydroxyl groups excluding tert-OH is 1. The molecule has 112 valence electrons. The highest BCUT2D eigenvalue weighted by Gasteiger charge is 2.16. The average Bonchev–Trinajstić information content (AvgIpc) is 2.87. The number of nitrogens with zero attached hydrogens (tertiary/aromatic N) is 2. The Bertz CT molecular complexity index is 652. The topological polar surface area (TPSA) is 64.3 Å². The molecule has 0 aliphatic rings. The van der Waals surface area contributed by atoms with Crippen LogP contribution in [0.2, 0.25) is 0 Å². The number of hydrogen-bond acceptors (Lipinski definition) is 4. The molecule has 0 spiro atoms. The summed E-state index contributed by atoms with van der Waals surface area (Å²) in [6.45, 7) is 4.32. The number of aliphatic hydroxyl groups is 1. The van der Waals surface area contributed by atoms with Gasteiger partial charge in [-0.05, 0) is 37.6 Å². The number of carbonyl (C=O) groups is 1. The van der Waals surface area contributed by atoms with E-state index in [4.69, 9.17) is 9.84 Å². The van der Waals surface area contributed by atoms with E-state index >= 15 is 0 Å². The predicted molar refractivity (Wildman–Crippen MR) is 83.1 cm³/mol. The van der Waals surface area contributed by atoms with Gasteiger partial charge in [0.15, 0.2) is 5.69 Å². The van der Waals surface area contributed by atoms with Crippen LogP contribution < -0.4 is 0 Å². The van der Waals surface area contributed by atoms with Crippen molar-refractivity contribution in [3.63, 3.8) is 0 Å². The van der Waals surface area contributed by atoms with Crippen molar-refractivity contribution in [2.45, 2.75) is 20.4 Å². The second kappa shape index (κ2) is 6.87. The van der Waals surface area contributed by atoms with Crippen LogP contribution in [-0.4, -0.2) is 34.1 Å². The van der Waals surface area contributed by atoms with Gasteiger partial charge < -0.3 is 9.84 Å². The van der Waals surface area contributed by atoms with Crippen molar-refractivity contribution in [1.82, 2.24) is 9.78 Å². The standard InChI is InChI=1S/C15H17BrN2O3/c1-3-21-15(20)13-9-14(18(17-13)6-7-19)11-4-5-12(16)10(2)8-11/h4-5,8-9,19H,3,6-7H2,1-2H3. The van der Waals surface area contributed by atoms with Gasteiger partial charge >= 0.3 is 5.97 Å². The normalized spacial score (nSPS) is 10.7. The summed E-state index contributed by atoms with van der Waals surface area (Å²) in [5.74, 6) is -0.454. The third kappa shape index (κ3) is 3.51. The minimum Gasteiger partial charge on any atom is -0.461 e. The number of hydrogen-bond donors (Lipinski definition) is 1. The van der Waals surface area contributed by atoms with Gasteiger partial charge in [-0.3, -0.25) is 4.68 Å². The van der Waals surface area contributed by atoms with Crippen LogP contribution in [-0.2, 0) is 11.3 Å². The lowest BCUT2D eigenvalue weighted by Crippen LogP contribution is -2.09. The number of rotatable bonds is 5. The maximum atomic E-state index is 11.8. The van der Waals surface area contributed by atoms with Crippen LogP contribution in [0.4, 0.5) is 0 Å². The van der Waals surface area contributed by atoms with E-state index in [0.717, 1.165) is 21.3 Å². The highest BCUT2D eigenvalue weighted by molar-refractivity contribution is 9.10. The second-order valence-electron chi connectivity index (χ2n) is 4.55. The van der Waals surface area contributed by atoms with Gasteiger partial charge in [0, 0.05) is 10.0 Å². The van der Waals surface area contributed by atoms with Crippen molar-refractivity contribution >= 4 is 21.9 Å². The van der Waals surface area contributed by atoms with E-state index < -0.39 is 5.97 Å². The zero-order valence-corrected chi connectivity index (χ0v) is 13.6. The third-order valence-corrected chi connectivity index (χ3v) is 3.92. The Morgan fingerprint density at radius 1 is 1.43 bits per heavy atom. The van der Waals surface area contributed by atoms with Gasteiger partial charge in [-0.15, -0.1) is 0 Å². The number of aryl methyl sites for hydroxylation is 1. The Morgan fingerprint density at radius 2 is 2.19 bits per heavy atom. The van der Waals surface area contributed by atoms with Gasteiger partial charge in [0.05, 0.1) is 25.5 Å². The fraction of sp³-hybridized carbons (Fsp3) is 0.333. The summed E-state index contributed by atoms with van der Waals surface area (Å²) in [5, 5.41) is 13.4. The van der Waals surface area contributed by atoms with Crippen LogP contribution in [0.15, 0.2) is 28.7 Å². The molecule has 0 atom stereocenters. The molecule has 6 heteroatoms. The molecule has 5 nitrogen and oxygen atoms in total. The molecule has 0 unspecified atom stereocenters. The van der Waals surface area contributed by atoms with E-state index in [1.54, 1.807) is 17.7 Å². The molecule has 2 aromatic rings. The Labute approximate surface area is 131 Å². The molecule has 0 amide bonds. The predicted octanol–water partition coefficient (Wildman–Crippen LogP) is 2.79. The molecule has 0 aliphatic carbocycles. The number of esters is 1. The van der Waals surface area contributed by atoms with Gasteiger partial charge in [-0.2, -0.15) is 5.10 Å². The minimum absolute atomic E-state index is 0.0492. The zero-order chi connectivity index (χ0) is 15.4. The summed E-state index contributed by atoms with van der Waals surface area (Å²) in [5.41, 5.74) is 3.05. The molecule has 0 saturated heterocycles. The summed E-state index contributed by atoms with van der Waals surface area (Å²) in [7, 11) is 0. The largest absolute Gasteiger partial charge is 0.461 e. The lowest BCUT2D eigenvalue weighted by Gasteiger charge is -2.07. The molecular weight excluding hydrogens is 336 g/mol. The summed E-state index contributed by atoms with van der Waals surface area (Å²) < 4.78 is 7.61. The van der Waals surface area contributed by atoms with E-state index in [1.807, 2.05) is 25.1 Å². The molecular formula is C15H17BrN2O3. The molecule has 1 N–H and O–H groups in total. The van der Waals surface area contributed by atoms with Crippen molar-refractivity contribution in [2.75, 3.05) is 13.2 Å². The lowest BCUT2D eigenvalue weighted by molar-refractivity contribution is 0.0518. The first-order chi connectivity index (χ1) is 10.1. The quantitative estimate of drug-likeness (QED) is 0.840. The number of halogens is 1. The molecule has 0 aliphatic heterocycles. The Kier molecular flexibility index (Phi) is 5.14. The van der Waals surface area contributed by atoms with Crippen LogP contribution in [0.3, 0.4) is 0 Å². The number of carbonyl (C=O) groups excluding carboxylic acids is 1. The molecule has 2 rings (SSSR count). The Hall–Kier alpha value is -1.66. The Morgan fingerprint density at radius 3 is 2.81 bits per heavy atom. The number of ether oxygens (including phenoxy) is 1. The van der Waals surface area contributed by atoms with Gasteiger partial charge in [0.25, 0.3) is 0 Å². The van der Waals surface area contributed by atoms with Crippen molar-refractivity contribution in [1.29, 1.82) is 0 Å². The zero-order valence-electron chi connectivity index (χ0n) is 12.0. The van der Waals surface area contributed by atoms with E-state index in [2.05, 4.69) is 21.0 Å². The van der Waals surface area contributed by atoms with Crippen LogP contribution >= 0.6 is 15.9 Å². The fourth-order valence-electron chi connectivity index (χ4n) is 2.02. The van der Waals surface area contributed by atoms with Gasteiger partial charge in [0.2, 0.25) is 0 Å². The molecule has 1 heterocycles. The average molecular weight is 353 g/mol. The minimum atomic E-state index is -0.454. The monoisotopic (exact) mass is 352 g/mol. The molecule has 1 aromatic carbocycles. The number of aromatic nitrogens is 2. The van der Waals surface area contributed by atoms with Crippen molar-refractivity contribution in [3.05, 3.63) is 40.0 Å². The maximum Gasteiger partial charge on any atom is 0.358 e. The summed E-state index contributed by atoms with van der Waals surface area (Å²) in [6, 6.07) is 7.59. The van der Waals surface area contributed by atoms with E-state index in [0.29, 0.717) is 13.2 Å². The van der Waals surface area contributed by atoms with Crippen LogP contribution in [0, 0.1) is 6.92 Å². The van der Waals surface area contributed by atoms with Crippen LogP contribution in [0.5, 0.6) is 0 Å². The van der Waals surface area contributed by atoms with Crippen LogP contribution in [0.1, 0.15) is 23.0 Å². The summed E-state index contributed by atoms with van der Waals surface area (Å²) in [6.07, 6.45) is 0. The first-order valence-corrected chi connectivity index (χ1v) is 7.48. The molecule has 1 aromatic heterocycles. The van der Waals surface area contributed by atoms with Crippen molar-refractivity contribution in [3.8, 4) is 11.3 Å². The fourth-order valence-corrected chi connectivity index (χ4v) is 2.27. The van der Waals surface area contributed by atoms with E-state index in [1.165, 1.54) is 0 Å². The highest BCUT2D eigenvalue weighted by Crippen LogP contribution is 2.26. The Balaban J connectivity index is 2.45. The summed E-state index contributed by atoms with van der Waals surface area (Å²) in [4.78, 5) is 11.8. The molecule has 0 radical (unpaired) electrons. The highest BCUT2D eigenvalue weighted by atomic mass is 79.9. The van der Waals surface area contributed by atoms with Crippen LogP contribution in [0.25, 0.3) is 11.3 Å². The van der Waals surface area contributed by atoms with Gasteiger partial charge in [0.1, 0.15) is 0 Å². The second-order valence-corrected chi connectivity index (χ2v) is 5.40. The smallest absolute Gasteiger partial charge is 0.358 e. The summed E-state index contributed by atoms with van der Waals surface area (Å²) >= 11 is 3.46. The van der Waals surface area contributed by atoms with E-state index in [9.17, 15) is 4.79 Å². The molecule has 0 fully saturated rings.